The molecule has 106 valence electrons. The summed E-state index contributed by atoms with van der Waals surface area (Å²) in [7, 11) is 0. The van der Waals surface area contributed by atoms with Crippen LogP contribution in [0.2, 0.25) is 0 Å². The van der Waals surface area contributed by atoms with E-state index in [4.69, 9.17) is 4.74 Å². The van der Waals surface area contributed by atoms with Crippen LogP contribution in [0.3, 0.4) is 0 Å². The molecule has 0 amide bonds. The number of hydrogen-bond donors (Lipinski definition) is 1. The SMILES string of the molecule is Cc1ccc(/C(=C2\CCOC2=O)c2ccc(S)cc2)cc1. The maximum atomic E-state index is 12.0. The molecule has 0 bridgehead atoms. The third-order valence-corrected chi connectivity index (χ3v) is 3.93. The molecule has 21 heavy (non-hydrogen) atoms. The molecule has 1 fully saturated rings. The van der Waals surface area contributed by atoms with Gasteiger partial charge in [-0.25, -0.2) is 4.79 Å². The fraction of sp³-hybridized carbons (Fsp3) is 0.167. The van der Waals surface area contributed by atoms with Crippen molar-refractivity contribution in [2.45, 2.75) is 18.2 Å². The van der Waals surface area contributed by atoms with Crippen molar-refractivity contribution in [1.82, 2.24) is 0 Å². The maximum absolute atomic E-state index is 12.0. The number of benzene rings is 2. The van der Waals surface area contributed by atoms with Gasteiger partial charge in [0.05, 0.1) is 6.61 Å². The van der Waals surface area contributed by atoms with Crippen molar-refractivity contribution < 1.29 is 9.53 Å². The van der Waals surface area contributed by atoms with E-state index in [1.165, 1.54) is 5.56 Å². The molecule has 3 rings (SSSR count). The molecule has 0 atom stereocenters. The molecular weight excluding hydrogens is 280 g/mol. The number of rotatable bonds is 2. The van der Waals surface area contributed by atoms with Crippen molar-refractivity contribution in [1.29, 1.82) is 0 Å². The van der Waals surface area contributed by atoms with Crippen LogP contribution in [0.4, 0.5) is 0 Å². The van der Waals surface area contributed by atoms with E-state index in [1.807, 2.05) is 24.3 Å². The first kappa shape index (κ1) is 14.0. The van der Waals surface area contributed by atoms with Gasteiger partial charge in [-0.15, -0.1) is 12.6 Å². The van der Waals surface area contributed by atoms with E-state index in [0.29, 0.717) is 13.0 Å². The predicted molar refractivity (Wildman–Crippen MR) is 86.5 cm³/mol. The van der Waals surface area contributed by atoms with Crippen molar-refractivity contribution in [3.63, 3.8) is 0 Å². The van der Waals surface area contributed by atoms with Gasteiger partial charge in [0.25, 0.3) is 0 Å². The van der Waals surface area contributed by atoms with Gasteiger partial charge < -0.3 is 4.74 Å². The number of carbonyl (C=O) groups excluding carboxylic acids is 1. The van der Waals surface area contributed by atoms with Gasteiger partial charge in [-0.3, -0.25) is 0 Å². The number of aryl methyl sites for hydroxylation is 1. The van der Waals surface area contributed by atoms with E-state index >= 15 is 0 Å². The van der Waals surface area contributed by atoms with Crippen LogP contribution in [0.25, 0.3) is 5.57 Å². The number of cyclic esters (lactones) is 1. The molecule has 0 unspecified atom stereocenters. The summed E-state index contributed by atoms with van der Waals surface area (Å²) >= 11 is 4.32. The molecule has 0 N–H and O–H groups in total. The van der Waals surface area contributed by atoms with E-state index in [1.54, 1.807) is 0 Å². The van der Waals surface area contributed by atoms with Crippen LogP contribution in [-0.2, 0) is 9.53 Å². The molecule has 0 spiro atoms. The minimum absolute atomic E-state index is 0.208. The highest BCUT2D eigenvalue weighted by molar-refractivity contribution is 7.80. The number of thiol groups is 1. The zero-order valence-electron chi connectivity index (χ0n) is 11.8. The minimum Gasteiger partial charge on any atom is -0.462 e. The summed E-state index contributed by atoms with van der Waals surface area (Å²) in [6.45, 7) is 2.52. The fourth-order valence-corrected chi connectivity index (χ4v) is 2.67. The maximum Gasteiger partial charge on any atom is 0.334 e. The molecule has 2 nitrogen and oxygen atoms in total. The van der Waals surface area contributed by atoms with E-state index in [-0.39, 0.29) is 5.97 Å². The average molecular weight is 296 g/mol. The topological polar surface area (TPSA) is 26.3 Å². The Labute approximate surface area is 129 Å². The predicted octanol–water partition coefficient (Wildman–Crippen LogP) is 4.03. The molecule has 0 aliphatic carbocycles. The first-order valence-corrected chi connectivity index (χ1v) is 7.36. The van der Waals surface area contributed by atoms with Crippen molar-refractivity contribution in [2.24, 2.45) is 0 Å². The Hall–Kier alpha value is -2.00. The van der Waals surface area contributed by atoms with Crippen LogP contribution in [-0.4, -0.2) is 12.6 Å². The van der Waals surface area contributed by atoms with Gasteiger partial charge in [0.2, 0.25) is 0 Å². The molecule has 2 aromatic carbocycles. The number of carbonyl (C=O) groups is 1. The second-order valence-electron chi connectivity index (χ2n) is 5.15. The summed E-state index contributed by atoms with van der Waals surface area (Å²) in [4.78, 5) is 12.9. The smallest absolute Gasteiger partial charge is 0.334 e. The Balaban J connectivity index is 2.18. The van der Waals surface area contributed by atoms with Crippen LogP contribution in [0.5, 0.6) is 0 Å². The van der Waals surface area contributed by atoms with Gasteiger partial charge in [-0.2, -0.15) is 0 Å². The highest BCUT2D eigenvalue weighted by Gasteiger charge is 2.24. The quantitative estimate of drug-likeness (QED) is 0.514. The highest BCUT2D eigenvalue weighted by Crippen LogP contribution is 2.32. The zero-order valence-corrected chi connectivity index (χ0v) is 12.7. The summed E-state index contributed by atoms with van der Waals surface area (Å²) in [6, 6.07) is 16.1. The molecule has 1 saturated heterocycles. The zero-order chi connectivity index (χ0) is 14.8. The van der Waals surface area contributed by atoms with E-state index in [9.17, 15) is 4.79 Å². The Morgan fingerprint density at radius 2 is 1.57 bits per heavy atom. The second kappa shape index (κ2) is 5.78. The Bertz CT molecular complexity index is 650. The third kappa shape index (κ3) is 2.88. The Morgan fingerprint density at radius 3 is 2.10 bits per heavy atom. The third-order valence-electron chi connectivity index (χ3n) is 3.63. The van der Waals surface area contributed by atoms with Gasteiger partial charge in [0, 0.05) is 16.9 Å². The van der Waals surface area contributed by atoms with Crippen LogP contribution in [0.15, 0.2) is 59.0 Å². The van der Waals surface area contributed by atoms with Crippen molar-refractivity contribution in [3.05, 3.63) is 70.8 Å². The van der Waals surface area contributed by atoms with Crippen molar-refractivity contribution in [2.75, 3.05) is 6.61 Å². The minimum atomic E-state index is -0.208. The van der Waals surface area contributed by atoms with Gasteiger partial charge in [0.15, 0.2) is 0 Å². The van der Waals surface area contributed by atoms with Gasteiger partial charge >= 0.3 is 5.97 Å². The molecule has 0 radical (unpaired) electrons. The summed E-state index contributed by atoms with van der Waals surface area (Å²) in [5, 5.41) is 0. The summed E-state index contributed by atoms with van der Waals surface area (Å²) in [5.41, 5.74) is 4.98. The average Bonchev–Trinajstić information content (AvgIpc) is 2.90. The lowest BCUT2D eigenvalue weighted by Crippen LogP contribution is -2.01. The summed E-state index contributed by atoms with van der Waals surface area (Å²) in [5.74, 6) is -0.208. The first-order valence-electron chi connectivity index (χ1n) is 6.92. The molecule has 1 aliphatic rings. The normalized spacial score (nSPS) is 16.8. The van der Waals surface area contributed by atoms with E-state index in [2.05, 4.69) is 43.8 Å². The second-order valence-corrected chi connectivity index (χ2v) is 5.67. The standard InChI is InChI=1S/C18H16O2S/c1-12-2-4-13(5-3-12)17(16-10-11-20-18(16)19)14-6-8-15(21)9-7-14/h2-9,21H,10-11H2,1H3/b17-16-. The fourth-order valence-electron chi connectivity index (χ4n) is 2.53. The summed E-state index contributed by atoms with van der Waals surface area (Å²) in [6.07, 6.45) is 0.657. The molecule has 0 aromatic heterocycles. The molecule has 0 saturated carbocycles. The monoisotopic (exact) mass is 296 g/mol. The first-order chi connectivity index (χ1) is 10.1. The summed E-state index contributed by atoms with van der Waals surface area (Å²) < 4.78 is 5.12. The number of ether oxygens (including phenoxy) is 1. The van der Waals surface area contributed by atoms with Crippen molar-refractivity contribution >= 4 is 24.2 Å². The molecule has 3 heteroatoms. The lowest BCUT2D eigenvalue weighted by atomic mass is 9.92. The molecule has 1 heterocycles. The molecule has 1 aliphatic heterocycles. The lowest BCUT2D eigenvalue weighted by Gasteiger charge is -2.11. The van der Waals surface area contributed by atoms with E-state index in [0.717, 1.165) is 27.2 Å². The highest BCUT2D eigenvalue weighted by atomic mass is 32.1. The van der Waals surface area contributed by atoms with Crippen LogP contribution in [0, 0.1) is 6.92 Å². The van der Waals surface area contributed by atoms with Gasteiger partial charge in [0.1, 0.15) is 0 Å². The van der Waals surface area contributed by atoms with Gasteiger partial charge in [-0.05, 0) is 35.8 Å². The number of hydrogen-bond acceptors (Lipinski definition) is 3. The Morgan fingerprint density at radius 1 is 1.00 bits per heavy atom. The largest absolute Gasteiger partial charge is 0.462 e. The van der Waals surface area contributed by atoms with E-state index < -0.39 is 0 Å². The van der Waals surface area contributed by atoms with Crippen molar-refractivity contribution in [3.8, 4) is 0 Å². The Kier molecular flexibility index (Phi) is 3.84. The molecule has 2 aromatic rings. The van der Waals surface area contributed by atoms with Gasteiger partial charge in [-0.1, -0.05) is 42.0 Å². The van der Waals surface area contributed by atoms with Crippen LogP contribution in [0.1, 0.15) is 23.1 Å². The van der Waals surface area contributed by atoms with Crippen LogP contribution >= 0.6 is 12.6 Å². The van der Waals surface area contributed by atoms with Crippen LogP contribution < -0.4 is 0 Å². The molecular formula is C18H16O2S. The number of esters is 1. The lowest BCUT2D eigenvalue weighted by molar-refractivity contribution is -0.135.